The van der Waals surface area contributed by atoms with Crippen LogP contribution in [0.4, 0.5) is 0 Å². The van der Waals surface area contributed by atoms with Gasteiger partial charge in [-0.15, -0.1) is 11.3 Å². The molecule has 2 atom stereocenters. The van der Waals surface area contributed by atoms with Gasteiger partial charge in [0, 0.05) is 17.5 Å². The molecule has 23 heavy (non-hydrogen) atoms. The zero-order valence-electron chi connectivity index (χ0n) is 12.5. The molecule has 1 saturated carbocycles. The van der Waals surface area contributed by atoms with Gasteiger partial charge in [0.25, 0.3) is 10.0 Å². The second-order valence-electron chi connectivity index (χ2n) is 5.98. The monoisotopic (exact) mass is 360 g/mol. The average Bonchev–Trinajstić information content (AvgIpc) is 2.90. The van der Waals surface area contributed by atoms with E-state index in [0.717, 1.165) is 29.1 Å². The number of carboxylic acid groups (broad SMARTS) is 1. The topological polar surface area (TPSA) is 116 Å². The fraction of sp³-hybridized carbons (Fsp3) is 0.643. The van der Waals surface area contributed by atoms with Crippen LogP contribution in [-0.4, -0.2) is 43.3 Å². The van der Waals surface area contributed by atoms with Gasteiger partial charge in [-0.05, 0) is 31.4 Å². The Labute approximate surface area is 138 Å². The van der Waals surface area contributed by atoms with Gasteiger partial charge in [0.05, 0.1) is 11.7 Å². The molecule has 0 bridgehead atoms. The summed E-state index contributed by atoms with van der Waals surface area (Å²) in [5, 5.41) is 22.6. The van der Waals surface area contributed by atoms with E-state index < -0.39 is 28.1 Å². The second kappa shape index (κ2) is 6.48. The summed E-state index contributed by atoms with van der Waals surface area (Å²) >= 11 is 1.01. The number of nitrogens with one attached hydrogen (secondary N) is 2. The lowest BCUT2D eigenvalue weighted by atomic mass is 9.93. The summed E-state index contributed by atoms with van der Waals surface area (Å²) in [6.45, 7) is 1.13. The van der Waals surface area contributed by atoms with Gasteiger partial charge in [0.15, 0.2) is 0 Å². The van der Waals surface area contributed by atoms with Crippen LogP contribution in [0.1, 0.15) is 46.5 Å². The Bertz CT molecular complexity index is 713. The van der Waals surface area contributed by atoms with Crippen LogP contribution >= 0.6 is 11.3 Å². The number of sulfonamides is 1. The first-order valence-electron chi connectivity index (χ1n) is 7.69. The number of aliphatic hydroxyl groups excluding tert-OH is 1. The first-order valence-corrected chi connectivity index (χ1v) is 9.99. The van der Waals surface area contributed by atoms with Crippen LogP contribution in [-0.2, 0) is 23.0 Å². The van der Waals surface area contributed by atoms with Crippen molar-refractivity contribution in [1.82, 2.24) is 10.0 Å². The second-order valence-corrected chi connectivity index (χ2v) is 8.99. The molecule has 1 aliphatic heterocycles. The molecule has 0 radical (unpaired) electrons. The SMILES string of the molecule is O=C(O)c1c(S(=O)(=O)N[C@@H]2CCCC[C@H]2O)sc2c1CCNC2. The minimum Gasteiger partial charge on any atom is -0.478 e. The first-order chi connectivity index (χ1) is 10.9. The van der Waals surface area contributed by atoms with Crippen LogP contribution in [0.2, 0.25) is 0 Å². The Kier molecular flexibility index (Phi) is 4.75. The normalized spacial score (nSPS) is 25.1. The van der Waals surface area contributed by atoms with Gasteiger partial charge in [-0.1, -0.05) is 12.8 Å². The summed E-state index contributed by atoms with van der Waals surface area (Å²) in [7, 11) is -3.96. The molecule has 128 valence electrons. The van der Waals surface area contributed by atoms with Crippen molar-refractivity contribution in [3.05, 3.63) is 16.0 Å². The molecule has 3 rings (SSSR count). The lowest BCUT2D eigenvalue weighted by molar-refractivity contribution is 0.0692. The number of rotatable bonds is 4. The number of hydrogen-bond donors (Lipinski definition) is 4. The van der Waals surface area contributed by atoms with E-state index in [1.165, 1.54) is 0 Å². The Morgan fingerprint density at radius 1 is 1.30 bits per heavy atom. The number of aliphatic hydroxyl groups is 1. The molecule has 7 nitrogen and oxygen atoms in total. The van der Waals surface area contributed by atoms with E-state index in [1.54, 1.807) is 0 Å². The molecule has 0 saturated heterocycles. The minimum absolute atomic E-state index is 0.107. The third-order valence-corrected chi connectivity index (χ3v) is 7.63. The Morgan fingerprint density at radius 3 is 2.74 bits per heavy atom. The third kappa shape index (κ3) is 3.29. The summed E-state index contributed by atoms with van der Waals surface area (Å²) in [4.78, 5) is 12.4. The minimum atomic E-state index is -3.96. The summed E-state index contributed by atoms with van der Waals surface area (Å²) in [6, 6.07) is -0.548. The van der Waals surface area contributed by atoms with Crippen LogP contribution in [0.3, 0.4) is 0 Å². The molecule has 0 spiro atoms. The molecule has 0 aromatic carbocycles. The predicted octanol–water partition coefficient (Wildman–Crippen LogP) is 0.674. The van der Waals surface area contributed by atoms with Crippen molar-refractivity contribution >= 4 is 27.3 Å². The fourth-order valence-electron chi connectivity index (χ4n) is 3.22. The lowest BCUT2D eigenvalue weighted by Crippen LogP contribution is -2.45. The van der Waals surface area contributed by atoms with Crippen LogP contribution < -0.4 is 10.0 Å². The highest BCUT2D eigenvalue weighted by Gasteiger charge is 2.35. The molecular formula is C14H20N2O5S2. The standard InChI is InChI=1S/C14H20N2O5S2/c17-10-4-2-1-3-9(10)16-23(20,21)14-12(13(18)19)8-5-6-15-7-11(8)22-14/h9-10,15-17H,1-7H2,(H,18,19)/t9-,10-/m1/s1. The van der Waals surface area contributed by atoms with Crippen molar-refractivity contribution in [3.63, 3.8) is 0 Å². The van der Waals surface area contributed by atoms with Gasteiger partial charge >= 0.3 is 5.97 Å². The van der Waals surface area contributed by atoms with Crippen LogP contribution in [0.5, 0.6) is 0 Å². The molecular weight excluding hydrogens is 340 g/mol. The molecule has 1 aliphatic carbocycles. The van der Waals surface area contributed by atoms with Crippen molar-refractivity contribution in [1.29, 1.82) is 0 Å². The highest BCUT2D eigenvalue weighted by atomic mass is 32.2. The predicted molar refractivity (Wildman–Crippen MR) is 85.3 cm³/mol. The van der Waals surface area contributed by atoms with E-state index in [-0.39, 0.29) is 9.77 Å². The van der Waals surface area contributed by atoms with Crippen LogP contribution in [0.25, 0.3) is 0 Å². The van der Waals surface area contributed by atoms with Crippen molar-refractivity contribution < 1.29 is 23.4 Å². The lowest BCUT2D eigenvalue weighted by Gasteiger charge is -2.27. The Hall–Kier alpha value is -1.00. The molecule has 1 aromatic heterocycles. The maximum atomic E-state index is 12.7. The van der Waals surface area contributed by atoms with Gasteiger partial charge in [0.2, 0.25) is 0 Å². The van der Waals surface area contributed by atoms with Crippen molar-refractivity contribution in [2.75, 3.05) is 6.54 Å². The number of carbonyl (C=O) groups is 1. The molecule has 9 heteroatoms. The number of carboxylic acids is 1. The zero-order valence-corrected chi connectivity index (χ0v) is 14.2. The van der Waals surface area contributed by atoms with Crippen LogP contribution in [0.15, 0.2) is 4.21 Å². The van der Waals surface area contributed by atoms with Gasteiger partial charge in [-0.2, -0.15) is 0 Å². The molecule has 1 aromatic rings. The Balaban J connectivity index is 1.96. The van der Waals surface area contributed by atoms with Gasteiger partial charge in [0.1, 0.15) is 4.21 Å². The van der Waals surface area contributed by atoms with E-state index in [2.05, 4.69) is 10.0 Å². The van der Waals surface area contributed by atoms with E-state index in [1.807, 2.05) is 0 Å². The van der Waals surface area contributed by atoms with Gasteiger partial charge < -0.3 is 15.5 Å². The summed E-state index contributed by atoms with van der Waals surface area (Å²) in [6.07, 6.45) is 2.64. The molecule has 4 N–H and O–H groups in total. The average molecular weight is 360 g/mol. The van der Waals surface area contributed by atoms with E-state index in [9.17, 15) is 23.4 Å². The summed E-state index contributed by atoms with van der Waals surface area (Å²) in [5.74, 6) is -1.21. The summed E-state index contributed by atoms with van der Waals surface area (Å²) < 4.78 is 27.8. The smallest absolute Gasteiger partial charge is 0.338 e. The van der Waals surface area contributed by atoms with Crippen molar-refractivity contribution in [2.45, 2.75) is 55.0 Å². The van der Waals surface area contributed by atoms with E-state index in [4.69, 9.17) is 0 Å². The number of thiophene rings is 1. The van der Waals surface area contributed by atoms with Gasteiger partial charge in [-0.25, -0.2) is 17.9 Å². The molecule has 1 fully saturated rings. The van der Waals surface area contributed by atoms with Crippen LogP contribution in [0, 0.1) is 0 Å². The maximum Gasteiger partial charge on any atom is 0.338 e. The van der Waals surface area contributed by atoms with E-state index >= 15 is 0 Å². The van der Waals surface area contributed by atoms with Crippen molar-refractivity contribution in [2.24, 2.45) is 0 Å². The largest absolute Gasteiger partial charge is 0.478 e. The fourth-order valence-corrected chi connectivity index (χ4v) is 6.40. The highest BCUT2D eigenvalue weighted by molar-refractivity contribution is 7.91. The first kappa shape index (κ1) is 16.8. The van der Waals surface area contributed by atoms with Gasteiger partial charge in [-0.3, -0.25) is 0 Å². The highest BCUT2D eigenvalue weighted by Crippen LogP contribution is 2.35. The quantitative estimate of drug-likeness (QED) is 0.627. The van der Waals surface area contributed by atoms with E-state index in [0.29, 0.717) is 37.9 Å². The number of fused-ring (bicyclic) bond motifs is 1. The molecule has 0 unspecified atom stereocenters. The number of aromatic carboxylic acids is 1. The molecule has 2 heterocycles. The zero-order chi connectivity index (χ0) is 16.6. The number of hydrogen-bond acceptors (Lipinski definition) is 6. The molecule has 0 amide bonds. The maximum absolute atomic E-state index is 12.7. The molecule has 2 aliphatic rings. The summed E-state index contributed by atoms with van der Waals surface area (Å²) in [5.41, 5.74) is 0.509. The third-order valence-electron chi connectivity index (χ3n) is 4.39. The van der Waals surface area contributed by atoms with Crippen molar-refractivity contribution in [3.8, 4) is 0 Å². The Morgan fingerprint density at radius 2 is 2.04 bits per heavy atom.